The topological polar surface area (TPSA) is 77.3 Å². The molecule has 0 N–H and O–H groups in total. The first kappa shape index (κ1) is 17.6. The van der Waals surface area contributed by atoms with Crippen LogP contribution in [0.1, 0.15) is 24.4 Å². The lowest BCUT2D eigenvalue weighted by atomic mass is 10.2. The second-order valence-electron chi connectivity index (χ2n) is 5.37. The molecule has 0 aliphatic heterocycles. The molecule has 2 heterocycles. The number of nitrogens with zero attached hydrogens (tertiary/aromatic N) is 4. The van der Waals surface area contributed by atoms with Crippen LogP contribution in [0.25, 0.3) is 0 Å². The standard InChI is InChI=1S/C16H19FN4O3/c1-10-8-11(2)21(19-10)12(3)16(23)20(9-15(22)24-4)14-7-5-6-13(17)18-14/h5-8,12H,9H2,1-4H3/t12-/m0/s1. The number of methoxy groups -OCH3 is 1. The minimum absolute atomic E-state index is 0.0405. The fourth-order valence-corrected chi connectivity index (χ4v) is 2.38. The molecule has 2 rings (SSSR count). The number of carbonyl (C=O) groups excluding carboxylic acids is 2. The van der Waals surface area contributed by atoms with Crippen molar-refractivity contribution in [1.82, 2.24) is 14.8 Å². The van der Waals surface area contributed by atoms with Gasteiger partial charge in [-0.3, -0.25) is 19.2 Å². The van der Waals surface area contributed by atoms with Gasteiger partial charge in [-0.25, -0.2) is 4.98 Å². The minimum atomic E-state index is -0.742. The van der Waals surface area contributed by atoms with E-state index in [-0.39, 0.29) is 12.4 Å². The number of aryl methyl sites for hydroxylation is 2. The van der Waals surface area contributed by atoms with E-state index in [4.69, 9.17) is 0 Å². The first-order chi connectivity index (χ1) is 11.3. The zero-order valence-corrected chi connectivity index (χ0v) is 14.0. The molecule has 2 aromatic heterocycles. The van der Waals surface area contributed by atoms with E-state index < -0.39 is 23.9 Å². The van der Waals surface area contributed by atoms with Crippen LogP contribution in [-0.4, -0.2) is 40.3 Å². The third-order valence-electron chi connectivity index (χ3n) is 3.53. The summed E-state index contributed by atoms with van der Waals surface area (Å²) in [5, 5.41) is 4.28. The van der Waals surface area contributed by atoms with Gasteiger partial charge in [0.1, 0.15) is 18.4 Å². The smallest absolute Gasteiger partial charge is 0.325 e. The number of rotatable bonds is 5. The molecule has 7 nitrogen and oxygen atoms in total. The van der Waals surface area contributed by atoms with Crippen LogP contribution >= 0.6 is 0 Å². The molecular formula is C16H19FN4O3. The van der Waals surface area contributed by atoms with E-state index in [1.165, 1.54) is 19.2 Å². The number of pyridine rings is 1. The molecule has 0 aliphatic carbocycles. The Morgan fingerprint density at radius 2 is 2.08 bits per heavy atom. The van der Waals surface area contributed by atoms with Crippen LogP contribution in [0.15, 0.2) is 24.3 Å². The van der Waals surface area contributed by atoms with Crippen LogP contribution in [0.3, 0.4) is 0 Å². The van der Waals surface area contributed by atoms with Crippen LogP contribution in [0.4, 0.5) is 10.2 Å². The van der Waals surface area contributed by atoms with Crippen molar-refractivity contribution >= 4 is 17.7 Å². The summed E-state index contributed by atoms with van der Waals surface area (Å²) in [4.78, 5) is 29.3. The summed E-state index contributed by atoms with van der Waals surface area (Å²) in [6.07, 6.45) is 0. The van der Waals surface area contributed by atoms with Gasteiger partial charge < -0.3 is 4.74 Å². The van der Waals surface area contributed by atoms with Crippen LogP contribution < -0.4 is 4.90 Å². The van der Waals surface area contributed by atoms with Crippen LogP contribution in [0.5, 0.6) is 0 Å². The van der Waals surface area contributed by atoms with Gasteiger partial charge in [-0.05, 0) is 39.0 Å². The predicted octanol–water partition coefficient (Wildman–Crippen LogP) is 1.80. The molecule has 0 unspecified atom stereocenters. The Hall–Kier alpha value is -2.77. The summed E-state index contributed by atoms with van der Waals surface area (Å²) in [6, 6.07) is 5.19. The molecule has 0 bridgehead atoms. The summed E-state index contributed by atoms with van der Waals surface area (Å²) in [5.74, 6) is -1.77. The van der Waals surface area contributed by atoms with Crippen molar-refractivity contribution in [2.45, 2.75) is 26.8 Å². The third-order valence-corrected chi connectivity index (χ3v) is 3.53. The lowest BCUT2D eigenvalue weighted by Crippen LogP contribution is -2.41. The van der Waals surface area contributed by atoms with Gasteiger partial charge in [0.05, 0.1) is 12.8 Å². The quantitative estimate of drug-likeness (QED) is 0.615. The molecule has 24 heavy (non-hydrogen) atoms. The number of esters is 1. The minimum Gasteiger partial charge on any atom is -0.468 e. The molecular weight excluding hydrogens is 315 g/mol. The molecule has 128 valence electrons. The zero-order valence-electron chi connectivity index (χ0n) is 14.0. The number of hydrogen-bond donors (Lipinski definition) is 0. The molecule has 0 radical (unpaired) electrons. The zero-order chi connectivity index (χ0) is 17.9. The van der Waals surface area contributed by atoms with Gasteiger partial charge in [0, 0.05) is 5.69 Å². The lowest BCUT2D eigenvalue weighted by molar-refractivity contribution is -0.140. The Balaban J connectivity index is 2.37. The Kier molecular flexibility index (Phi) is 5.28. The number of halogens is 1. The molecule has 0 saturated heterocycles. The summed E-state index contributed by atoms with van der Waals surface area (Å²) in [6.45, 7) is 4.94. The fourth-order valence-electron chi connectivity index (χ4n) is 2.38. The first-order valence-electron chi connectivity index (χ1n) is 7.37. The molecule has 8 heteroatoms. The molecule has 0 aliphatic rings. The van der Waals surface area contributed by atoms with Gasteiger partial charge in [0.25, 0.3) is 5.91 Å². The van der Waals surface area contributed by atoms with E-state index in [9.17, 15) is 14.0 Å². The maximum Gasteiger partial charge on any atom is 0.325 e. The number of hydrogen-bond acceptors (Lipinski definition) is 5. The number of aromatic nitrogens is 3. The second kappa shape index (κ2) is 7.20. The summed E-state index contributed by atoms with van der Waals surface area (Å²) < 4.78 is 19.6. The summed E-state index contributed by atoms with van der Waals surface area (Å²) in [5.41, 5.74) is 1.58. The second-order valence-corrected chi connectivity index (χ2v) is 5.37. The predicted molar refractivity (Wildman–Crippen MR) is 85.0 cm³/mol. The van der Waals surface area contributed by atoms with Gasteiger partial charge >= 0.3 is 5.97 Å². The molecule has 0 spiro atoms. The normalized spacial score (nSPS) is 11.9. The average Bonchev–Trinajstić information content (AvgIpc) is 2.89. The molecule has 0 fully saturated rings. The molecule has 0 saturated carbocycles. The monoisotopic (exact) mass is 334 g/mol. The number of amides is 1. The number of ether oxygens (including phenoxy) is 1. The van der Waals surface area contributed by atoms with Crippen molar-refractivity contribution in [2.24, 2.45) is 0 Å². The highest BCUT2D eigenvalue weighted by atomic mass is 19.1. The Bertz CT molecular complexity index is 760. The fraction of sp³-hybridized carbons (Fsp3) is 0.375. The van der Waals surface area contributed by atoms with Crippen LogP contribution in [0, 0.1) is 19.8 Å². The SMILES string of the molecule is COC(=O)CN(C(=O)[C@H](C)n1nc(C)cc1C)c1cccc(F)n1. The Morgan fingerprint density at radius 1 is 1.38 bits per heavy atom. The van der Waals surface area contributed by atoms with Gasteiger partial charge in [-0.2, -0.15) is 9.49 Å². The van der Waals surface area contributed by atoms with Crippen molar-refractivity contribution < 1.29 is 18.7 Å². The van der Waals surface area contributed by atoms with Gasteiger partial charge in [-0.15, -0.1) is 0 Å². The summed E-state index contributed by atoms with van der Waals surface area (Å²) >= 11 is 0. The van der Waals surface area contributed by atoms with Crippen molar-refractivity contribution in [3.05, 3.63) is 41.6 Å². The lowest BCUT2D eigenvalue weighted by Gasteiger charge is -2.24. The van der Waals surface area contributed by atoms with E-state index >= 15 is 0 Å². The van der Waals surface area contributed by atoms with E-state index in [0.29, 0.717) is 0 Å². The largest absolute Gasteiger partial charge is 0.468 e. The number of anilines is 1. The average molecular weight is 334 g/mol. The molecule has 1 atom stereocenters. The van der Waals surface area contributed by atoms with Crippen LogP contribution in [-0.2, 0) is 14.3 Å². The third kappa shape index (κ3) is 3.76. The van der Waals surface area contributed by atoms with Gasteiger partial charge in [0.2, 0.25) is 5.95 Å². The van der Waals surface area contributed by atoms with E-state index in [0.717, 1.165) is 22.4 Å². The van der Waals surface area contributed by atoms with Crippen molar-refractivity contribution in [1.29, 1.82) is 0 Å². The highest BCUT2D eigenvalue weighted by molar-refractivity contribution is 5.98. The Labute approximate surface area is 139 Å². The highest BCUT2D eigenvalue weighted by Gasteiger charge is 2.28. The van der Waals surface area contributed by atoms with E-state index in [1.807, 2.05) is 19.9 Å². The van der Waals surface area contributed by atoms with Crippen molar-refractivity contribution in [3.8, 4) is 0 Å². The van der Waals surface area contributed by atoms with E-state index in [1.54, 1.807) is 11.6 Å². The van der Waals surface area contributed by atoms with Crippen molar-refractivity contribution in [2.75, 3.05) is 18.6 Å². The van der Waals surface area contributed by atoms with Gasteiger partial charge in [-0.1, -0.05) is 6.07 Å². The maximum atomic E-state index is 13.4. The van der Waals surface area contributed by atoms with Crippen LogP contribution in [0.2, 0.25) is 0 Å². The van der Waals surface area contributed by atoms with Crippen molar-refractivity contribution in [3.63, 3.8) is 0 Å². The molecule has 0 aromatic carbocycles. The Morgan fingerprint density at radius 3 is 2.62 bits per heavy atom. The first-order valence-corrected chi connectivity index (χ1v) is 7.37. The van der Waals surface area contributed by atoms with Gasteiger partial charge in [0.15, 0.2) is 0 Å². The highest BCUT2D eigenvalue weighted by Crippen LogP contribution is 2.19. The number of carbonyl (C=O) groups is 2. The molecule has 1 amide bonds. The summed E-state index contributed by atoms with van der Waals surface area (Å²) in [7, 11) is 1.22. The van der Waals surface area contributed by atoms with E-state index in [2.05, 4.69) is 14.8 Å². The molecule has 2 aromatic rings. The maximum absolute atomic E-state index is 13.4.